The predicted octanol–water partition coefficient (Wildman–Crippen LogP) is 4.10. The zero-order valence-corrected chi connectivity index (χ0v) is 11.4. The van der Waals surface area contributed by atoms with Crippen molar-refractivity contribution in [3.63, 3.8) is 0 Å². The fraction of sp³-hybridized carbons (Fsp3) is 0.786. The van der Waals surface area contributed by atoms with Crippen molar-refractivity contribution >= 4 is 5.97 Å². The van der Waals surface area contributed by atoms with Gasteiger partial charge >= 0.3 is 5.97 Å². The zero-order valence-electron chi connectivity index (χ0n) is 11.4. The van der Waals surface area contributed by atoms with Crippen LogP contribution in [0.4, 0.5) is 0 Å². The van der Waals surface area contributed by atoms with Gasteiger partial charge in [-0.05, 0) is 33.1 Å². The van der Waals surface area contributed by atoms with E-state index in [9.17, 15) is 4.79 Å². The van der Waals surface area contributed by atoms with Gasteiger partial charge in [0.15, 0.2) is 0 Å². The van der Waals surface area contributed by atoms with Gasteiger partial charge in [0.2, 0.25) is 0 Å². The predicted molar refractivity (Wildman–Crippen MR) is 68.3 cm³/mol. The summed E-state index contributed by atoms with van der Waals surface area (Å²) in [4.78, 5) is 11.6. The van der Waals surface area contributed by atoms with Crippen LogP contribution in [0.2, 0.25) is 0 Å². The maximum absolute atomic E-state index is 11.6. The molecule has 2 heteroatoms. The van der Waals surface area contributed by atoms with Crippen LogP contribution in [0.15, 0.2) is 11.1 Å². The minimum absolute atomic E-state index is 0.157. The van der Waals surface area contributed by atoms with E-state index >= 15 is 0 Å². The number of hydrogen-bond donors (Lipinski definition) is 0. The van der Waals surface area contributed by atoms with Gasteiger partial charge in [-0.15, -0.1) is 0 Å². The Morgan fingerprint density at radius 1 is 1.19 bits per heavy atom. The minimum Gasteiger partial charge on any atom is -0.462 e. The van der Waals surface area contributed by atoms with Crippen LogP contribution in [0, 0.1) is 5.92 Å². The van der Waals surface area contributed by atoms with Crippen LogP contribution < -0.4 is 0 Å². The molecule has 1 atom stereocenters. The third kappa shape index (κ3) is 5.94. The highest BCUT2D eigenvalue weighted by atomic mass is 16.5. The molecule has 0 aliphatic rings. The van der Waals surface area contributed by atoms with Gasteiger partial charge in [-0.1, -0.05) is 38.7 Å². The number of unbranched alkanes of at least 4 members (excludes halogenated alkanes) is 1. The van der Waals surface area contributed by atoms with Crippen molar-refractivity contribution in [1.82, 2.24) is 0 Å². The molecule has 0 saturated heterocycles. The van der Waals surface area contributed by atoms with Crippen molar-refractivity contribution < 1.29 is 9.53 Å². The van der Waals surface area contributed by atoms with E-state index in [0.717, 1.165) is 24.0 Å². The van der Waals surface area contributed by atoms with Gasteiger partial charge in [0.1, 0.15) is 0 Å². The van der Waals surface area contributed by atoms with E-state index in [1.54, 1.807) is 0 Å². The molecule has 0 heterocycles. The minimum atomic E-state index is -0.157. The Labute approximate surface area is 100 Å². The Morgan fingerprint density at radius 2 is 1.81 bits per heavy atom. The Balaban J connectivity index is 4.02. The van der Waals surface area contributed by atoms with Crippen LogP contribution in [0.5, 0.6) is 0 Å². The highest BCUT2D eigenvalue weighted by Gasteiger charge is 2.11. The maximum Gasteiger partial charge on any atom is 0.333 e. The van der Waals surface area contributed by atoms with Crippen LogP contribution in [0.1, 0.15) is 60.3 Å². The summed E-state index contributed by atoms with van der Waals surface area (Å²) in [5.74, 6) is 0.365. The molecule has 0 amide bonds. The van der Waals surface area contributed by atoms with Gasteiger partial charge < -0.3 is 4.74 Å². The van der Waals surface area contributed by atoms with Gasteiger partial charge in [0, 0.05) is 5.57 Å². The second-order valence-corrected chi connectivity index (χ2v) is 4.64. The van der Waals surface area contributed by atoms with Gasteiger partial charge in [0.05, 0.1) is 6.61 Å². The molecule has 94 valence electrons. The zero-order chi connectivity index (χ0) is 12.6. The third-order valence-electron chi connectivity index (χ3n) is 3.05. The largest absolute Gasteiger partial charge is 0.462 e. The molecular formula is C14H26O2. The molecule has 0 radical (unpaired) electrons. The second-order valence-electron chi connectivity index (χ2n) is 4.64. The van der Waals surface area contributed by atoms with Crippen molar-refractivity contribution in [3.8, 4) is 0 Å². The van der Waals surface area contributed by atoms with Gasteiger partial charge in [0.25, 0.3) is 0 Å². The van der Waals surface area contributed by atoms with E-state index in [4.69, 9.17) is 4.74 Å². The van der Waals surface area contributed by atoms with Crippen LogP contribution >= 0.6 is 0 Å². The summed E-state index contributed by atoms with van der Waals surface area (Å²) in [5, 5.41) is 0. The van der Waals surface area contributed by atoms with Gasteiger partial charge in [-0.2, -0.15) is 0 Å². The summed E-state index contributed by atoms with van der Waals surface area (Å²) in [6.07, 6.45) is 4.67. The van der Waals surface area contributed by atoms with E-state index in [-0.39, 0.29) is 5.97 Å². The van der Waals surface area contributed by atoms with Crippen LogP contribution in [0.25, 0.3) is 0 Å². The number of allylic oxidation sites excluding steroid dienone is 1. The number of carbonyl (C=O) groups is 1. The quantitative estimate of drug-likeness (QED) is 0.482. The number of rotatable bonds is 7. The van der Waals surface area contributed by atoms with Crippen molar-refractivity contribution in [2.24, 2.45) is 5.92 Å². The van der Waals surface area contributed by atoms with Crippen molar-refractivity contribution in [2.75, 3.05) is 6.61 Å². The van der Waals surface area contributed by atoms with E-state index in [1.165, 1.54) is 12.8 Å². The molecule has 0 aromatic heterocycles. The highest BCUT2D eigenvalue weighted by Crippen LogP contribution is 2.14. The Hall–Kier alpha value is -0.790. The van der Waals surface area contributed by atoms with Crippen LogP contribution in [-0.2, 0) is 9.53 Å². The smallest absolute Gasteiger partial charge is 0.333 e. The molecule has 0 N–H and O–H groups in total. The first-order valence-electron chi connectivity index (χ1n) is 6.34. The molecule has 2 nitrogen and oxygen atoms in total. The summed E-state index contributed by atoms with van der Waals surface area (Å²) in [5.41, 5.74) is 1.77. The van der Waals surface area contributed by atoms with E-state index in [2.05, 4.69) is 13.8 Å². The van der Waals surface area contributed by atoms with Crippen molar-refractivity contribution in [2.45, 2.75) is 60.3 Å². The molecule has 0 aromatic carbocycles. The lowest BCUT2D eigenvalue weighted by Gasteiger charge is -2.15. The molecular weight excluding hydrogens is 200 g/mol. The molecule has 16 heavy (non-hydrogen) atoms. The maximum atomic E-state index is 11.6. The van der Waals surface area contributed by atoms with Crippen molar-refractivity contribution in [1.29, 1.82) is 0 Å². The molecule has 0 spiro atoms. The first kappa shape index (κ1) is 15.2. The summed E-state index contributed by atoms with van der Waals surface area (Å²) in [7, 11) is 0. The average Bonchev–Trinajstić information content (AvgIpc) is 2.27. The molecule has 0 saturated carbocycles. The van der Waals surface area contributed by atoms with Gasteiger partial charge in [-0.3, -0.25) is 0 Å². The Kier molecular flexibility index (Phi) is 7.96. The fourth-order valence-corrected chi connectivity index (χ4v) is 1.40. The highest BCUT2D eigenvalue weighted by molar-refractivity contribution is 5.88. The summed E-state index contributed by atoms with van der Waals surface area (Å²) in [6, 6.07) is 0. The molecule has 0 fully saturated rings. The molecule has 0 aliphatic heterocycles. The first-order valence-corrected chi connectivity index (χ1v) is 6.34. The fourth-order valence-electron chi connectivity index (χ4n) is 1.40. The normalized spacial score (nSPS) is 12.1. The Morgan fingerprint density at radius 3 is 2.25 bits per heavy atom. The van der Waals surface area contributed by atoms with Crippen LogP contribution in [-0.4, -0.2) is 12.6 Å². The lowest BCUT2D eigenvalue weighted by atomic mass is 10.0. The molecule has 1 unspecified atom stereocenters. The first-order chi connectivity index (χ1) is 7.52. The lowest BCUT2D eigenvalue weighted by molar-refractivity contribution is -0.140. The molecule has 0 aliphatic carbocycles. The number of hydrogen-bond acceptors (Lipinski definition) is 2. The van der Waals surface area contributed by atoms with Crippen molar-refractivity contribution in [3.05, 3.63) is 11.1 Å². The second kappa shape index (κ2) is 8.37. The number of ether oxygens (including phenoxy) is 1. The number of esters is 1. The van der Waals surface area contributed by atoms with Crippen LogP contribution in [0.3, 0.4) is 0 Å². The van der Waals surface area contributed by atoms with E-state index < -0.39 is 0 Å². The number of carbonyl (C=O) groups excluding carboxylic acids is 1. The van der Waals surface area contributed by atoms with Gasteiger partial charge in [-0.25, -0.2) is 4.79 Å². The standard InChI is InChI=1S/C14H26O2/c1-6-8-9-13(7-2)10-16-14(15)12(5)11(3)4/h13H,6-10H2,1-5H3. The van der Waals surface area contributed by atoms with E-state index in [1.807, 2.05) is 20.8 Å². The summed E-state index contributed by atoms with van der Waals surface area (Å²) in [6.45, 7) is 10.6. The molecule has 0 bridgehead atoms. The lowest BCUT2D eigenvalue weighted by Crippen LogP contribution is -2.15. The summed E-state index contributed by atoms with van der Waals surface area (Å²) < 4.78 is 5.32. The average molecular weight is 226 g/mol. The molecule has 0 rings (SSSR count). The topological polar surface area (TPSA) is 26.3 Å². The third-order valence-corrected chi connectivity index (χ3v) is 3.05. The SMILES string of the molecule is CCCCC(CC)COC(=O)C(C)=C(C)C. The van der Waals surface area contributed by atoms with E-state index in [0.29, 0.717) is 12.5 Å². The monoisotopic (exact) mass is 226 g/mol. The Bertz CT molecular complexity index is 237. The summed E-state index contributed by atoms with van der Waals surface area (Å²) >= 11 is 0. The molecule has 0 aromatic rings.